The maximum atomic E-state index is 5.61. The minimum Gasteiger partial charge on any atom is -0.246 e. The van der Waals surface area contributed by atoms with E-state index in [4.69, 9.17) is 15.0 Å². The van der Waals surface area contributed by atoms with E-state index >= 15 is 0 Å². The van der Waals surface area contributed by atoms with Gasteiger partial charge in [-0.25, -0.2) is 15.0 Å². The lowest BCUT2D eigenvalue weighted by Crippen LogP contribution is -2.01. The van der Waals surface area contributed by atoms with Crippen LogP contribution < -0.4 is 0 Å². The largest absolute Gasteiger partial charge is 0.246 e. The van der Waals surface area contributed by atoms with Crippen molar-refractivity contribution in [2.75, 3.05) is 0 Å². The third-order valence-electron chi connectivity index (χ3n) is 10.9. The van der Waals surface area contributed by atoms with Gasteiger partial charge in [-0.05, 0) is 33.9 Å². The fourth-order valence-electron chi connectivity index (χ4n) is 8.08. The van der Waals surface area contributed by atoms with Crippen LogP contribution in [0.2, 0.25) is 0 Å². The third kappa shape index (κ3) is 7.21. The normalized spacial score (nSPS) is 11.0. The first kappa shape index (κ1) is 36.3. The molecular formula is C57H39N3. The molecule has 0 bridgehead atoms. The molecule has 2 heterocycles. The molecule has 3 nitrogen and oxygen atoms in total. The highest BCUT2D eigenvalue weighted by atomic mass is 14.9. The van der Waals surface area contributed by atoms with Crippen LogP contribution in [0, 0.1) is 0 Å². The Bertz CT molecular complexity index is 2920. The van der Waals surface area contributed by atoms with Gasteiger partial charge >= 0.3 is 0 Å². The predicted octanol–water partition coefficient (Wildman–Crippen LogP) is 14.9. The Hall–Kier alpha value is -8.01. The maximum absolute atomic E-state index is 5.61. The summed E-state index contributed by atoms with van der Waals surface area (Å²) in [5.41, 5.74) is 17.5. The van der Waals surface area contributed by atoms with Crippen molar-refractivity contribution in [1.29, 1.82) is 0 Å². The summed E-state index contributed by atoms with van der Waals surface area (Å²) in [4.78, 5) is 16.1. The monoisotopic (exact) mass is 765 g/mol. The van der Waals surface area contributed by atoms with Crippen molar-refractivity contribution in [3.63, 3.8) is 0 Å². The Kier molecular flexibility index (Phi) is 9.97. The van der Waals surface area contributed by atoms with E-state index in [1.807, 2.05) is 12.1 Å². The molecule has 8 aromatic carbocycles. The second-order valence-electron chi connectivity index (χ2n) is 14.7. The summed E-state index contributed by atoms with van der Waals surface area (Å²) >= 11 is 0. The number of benzene rings is 8. The highest BCUT2D eigenvalue weighted by Crippen LogP contribution is 2.49. The molecule has 0 spiro atoms. The number of aromatic nitrogens is 3. The standard InChI is InChI=1S/C57H39N3/c1-7-21-40(22-8-1)48-33-19-20-34-49(48)57-58-50(41-23-9-2-10-24-41)39-51(59-57)42-35-37-45(38-36-42)52-53(43-25-11-3-12-26-43)55(46-29-15-5-16-30-46)60-56(47-31-17-6-18-32-47)54(52)44-27-13-4-14-28-44/h1-39H. The van der Waals surface area contributed by atoms with Gasteiger partial charge in [0.05, 0.1) is 22.8 Å². The predicted molar refractivity (Wildman–Crippen MR) is 249 cm³/mol. The van der Waals surface area contributed by atoms with Crippen molar-refractivity contribution in [1.82, 2.24) is 15.0 Å². The van der Waals surface area contributed by atoms with E-state index in [-0.39, 0.29) is 0 Å². The lowest BCUT2D eigenvalue weighted by atomic mass is 9.83. The number of rotatable bonds is 9. The van der Waals surface area contributed by atoms with Gasteiger partial charge in [-0.2, -0.15) is 0 Å². The van der Waals surface area contributed by atoms with Gasteiger partial charge in [0.1, 0.15) is 0 Å². The fraction of sp³-hybridized carbons (Fsp3) is 0. The summed E-state index contributed by atoms with van der Waals surface area (Å²) in [6.45, 7) is 0. The first-order valence-electron chi connectivity index (χ1n) is 20.3. The molecular weight excluding hydrogens is 727 g/mol. The Balaban J connectivity index is 1.21. The van der Waals surface area contributed by atoms with Crippen LogP contribution in [0.5, 0.6) is 0 Å². The summed E-state index contributed by atoms with van der Waals surface area (Å²) in [6, 6.07) is 82.7. The van der Waals surface area contributed by atoms with Crippen LogP contribution in [0.4, 0.5) is 0 Å². The molecule has 0 saturated heterocycles. The van der Waals surface area contributed by atoms with Crippen molar-refractivity contribution < 1.29 is 0 Å². The SMILES string of the molecule is c1ccc(-c2cc(-c3ccc(-c4c(-c5ccccc5)c(-c5ccccc5)nc(-c5ccccc5)c4-c4ccccc4)cc3)nc(-c3ccccc3-c3ccccc3)n2)cc1. The molecule has 10 rings (SSSR count). The van der Waals surface area contributed by atoms with E-state index in [2.05, 4.69) is 224 Å². The van der Waals surface area contributed by atoms with E-state index in [9.17, 15) is 0 Å². The zero-order valence-electron chi connectivity index (χ0n) is 32.9. The molecule has 10 aromatic rings. The van der Waals surface area contributed by atoms with Gasteiger partial charge in [0.15, 0.2) is 5.82 Å². The van der Waals surface area contributed by atoms with Crippen molar-refractivity contribution in [3.8, 4) is 101 Å². The van der Waals surface area contributed by atoms with Crippen molar-refractivity contribution in [3.05, 3.63) is 237 Å². The lowest BCUT2D eigenvalue weighted by Gasteiger charge is -2.23. The Labute approximate surface area is 351 Å². The van der Waals surface area contributed by atoms with Crippen LogP contribution in [0.25, 0.3) is 101 Å². The summed E-state index contributed by atoms with van der Waals surface area (Å²) in [5.74, 6) is 0.682. The van der Waals surface area contributed by atoms with Crippen LogP contribution in [0.3, 0.4) is 0 Å². The number of nitrogens with zero attached hydrogens (tertiary/aromatic N) is 3. The van der Waals surface area contributed by atoms with Gasteiger partial charge in [-0.3, -0.25) is 0 Å². The van der Waals surface area contributed by atoms with Gasteiger partial charge in [0.2, 0.25) is 0 Å². The molecule has 0 aliphatic rings. The van der Waals surface area contributed by atoms with Gasteiger partial charge in [-0.15, -0.1) is 0 Å². The maximum Gasteiger partial charge on any atom is 0.161 e. The second-order valence-corrected chi connectivity index (χ2v) is 14.7. The highest BCUT2D eigenvalue weighted by molar-refractivity contribution is 6.05. The van der Waals surface area contributed by atoms with Crippen molar-refractivity contribution >= 4 is 0 Å². The van der Waals surface area contributed by atoms with Gasteiger partial charge in [0.25, 0.3) is 0 Å². The molecule has 282 valence electrons. The van der Waals surface area contributed by atoms with Gasteiger partial charge in [0, 0.05) is 44.5 Å². The molecule has 0 aliphatic carbocycles. The molecule has 0 radical (unpaired) electrons. The van der Waals surface area contributed by atoms with Gasteiger partial charge < -0.3 is 0 Å². The Morgan fingerprint density at radius 1 is 0.217 bits per heavy atom. The molecule has 3 heteroatoms. The minimum absolute atomic E-state index is 0.682. The number of hydrogen-bond donors (Lipinski definition) is 0. The number of pyridine rings is 1. The third-order valence-corrected chi connectivity index (χ3v) is 10.9. The first-order valence-corrected chi connectivity index (χ1v) is 20.3. The summed E-state index contributed by atoms with van der Waals surface area (Å²) in [5, 5.41) is 0. The molecule has 0 fully saturated rings. The van der Waals surface area contributed by atoms with E-state index < -0.39 is 0 Å². The van der Waals surface area contributed by atoms with E-state index in [1.54, 1.807) is 0 Å². The van der Waals surface area contributed by atoms with Crippen LogP contribution >= 0.6 is 0 Å². The van der Waals surface area contributed by atoms with Crippen LogP contribution in [0.15, 0.2) is 237 Å². The van der Waals surface area contributed by atoms with E-state index in [0.29, 0.717) is 5.82 Å². The highest BCUT2D eigenvalue weighted by Gasteiger charge is 2.25. The first-order chi connectivity index (χ1) is 29.8. The van der Waals surface area contributed by atoms with Crippen molar-refractivity contribution in [2.24, 2.45) is 0 Å². The van der Waals surface area contributed by atoms with Gasteiger partial charge in [-0.1, -0.05) is 231 Å². The van der Waals surface area contributed by atoms with E-state index in [0.717, 1.165) is 95.1 Å². The van der Waals surface area contributed by atoms with E-state index in [1.165, 1.54) is 0 Å². The topological polar surface area (TPSA) is 38.7 Å². The summed E-state index contributed by atoms with van der Waals surface area (Å²) in [7, 11) is 0. The minimum atomic E-state index is 0.682. The quantitative estimate of drug-likeness (QED) is 0.147. The molecule has 2 aromatic heterocycles. The molecule has 0 unspecified atom stereocenters. The Morgan fingerprint density at radius 2 is 0.533 bits per heavy atom. The van der Waals surface area contributed by atoms with Crippen LogP contribution in [-0.2, 0) is 0 Å². The van der Waals surface area contributed by atoms with Crippen LogP contribution in [0.1, 0.15) is 0 Å². The fourth-order valence-corrected chi connectivity index (χ4v) is 8.08. The molecule has 0 amide bonds. The van der Waals surface area contributed by atoms with Crippen molar-refractivity contribution in [2.45, 2.75) is 0 Å². The Morgan fingerprint density at radius 3 is 0.983 bits per heavy atom. The number of hydrogen-bond acceptors (Lipinski definition) is 3. The average Bonchev–Trinajstić information content (AvgIpc) is 3.35. The zero-order chi connectivity index (χ0) is 40.1. The molecule has 0 atom stereocenters. The molecule has 0 N–H and O–H groups in total. The average molecular weight is 766 g/mol. The summed E-state index contributed by atoms with van der Waals surface area (Å²) < 4.78 is 0. The molecule has 0 saturated carbocycles. The van der Waals surface area contributed by atoms with Crippen LogP contribution in [-0.4, -0.2) is 15.0 Å². The smallest absolute Gasteiger partial charge is 0.161 e. The molecule has 60 heavy (non-hydrogen) atoms. The molecule has 0 aliphatic heterocycles. The second kappa shape index (κ2) is 16.5. The summed E-state index contributed by atoms with van der Waals surface area (Å²) in [6.07, 6.45) is 0. The lowest BCUT2D eigenvalue weighted by molar-refractivity contribution is 1.18. The zero-order valence-corrected chi connectivity index (χ0v) is 32.9.